The molecule has 0 radical (unpaired) electrons. The molecule has 1 unspecified atom stereocenters. The Balaban J connectivity index is 1.59. The van der Waals surface area contributed by atoms with Crippen LogP contribution in [0.2, 0.25) is 0 Å². The maximum absolute atomic E-state index is 14.1. The van der Waals surface area contributed by atoms with Crippen LogP contribution in [0.25, 0.3) is 10.6 Å². The number of methoxy groups -OCH3 is 2. The van der Waals surface area contributed by atoms with Gasteiger partial charge in [-0.1, -0.05) is 23.5 Å². The minimum Gasteiger partial charge on any atom is -0.497 e. The number of nitrogens with zero attached hydrogens (tertiary/aromatic N) is 3. The van der Waals surface area contributed by atoms with E-state index in [1.807, 2.05) is 0 Å². The lowest BCUT2D eigenvalue weighted by Crippen LogP contribution is -2.39. The Morgan fingerprint density at radius 2 is 1.94 bits per heavy atom. The van der Waals surface area contributed by atoms with Crippen LogP contribution < -0.4 is 9.47 Å². The zero-order valence-electron chi connectivity index (χ0n) is 17.1. The maximum Gasteiger partial charge on any atom is 0.246 e. The molecule has 31 heavy (non-hydrogen) atoms. The van der Waals surface area contributed by atoms with Gasteiger partial charge in [-0.2, -0.15) is 4.31 Å². The average Bonchev–Trinajstić information content (AvgIpc) is 3.29. The van der Waals surface area contributed by atoms with Crippen LogP contribution in [0, 0.1) is 5.82 Å². The van der Waals surface area contributed by atoms with Crippen molar-refractivity contribution >= 4 is 21.4 Å². The van der Waals surface area contributed by atoms with Gasteiger partial charge in [-0.25, -0.2) is 12.8 Å². The second kappa shape index (κ2) is 8.89. The molecule has 0 amide bonds. The Labute approximate surface area is 184 Å². The lowest BCUT2D eigenvalue weighted by Gasteiger charge is -2.31. The van der Waals surface area contributed by atoms with E-state index in [1.54, 1.807) is 30.3 Å². The molecule has 0 N–H and O–H groups in total. The first-order chi connectivity index (χ1) is 14.9. The normalized spacial score (nSPS) is 17.5. The average molecular weight is 464 g/mol. The standard InChI is InChI=1S/C21H22FN3O4S2/c1-28-15-9-10-19(18(12-15)29-2)31(26,27)25-11-5-6-14(13-25)20-23-24-21(30-20)16-7-3-4-8-17(16)22/h3-4,7-10,12,14H,5-6,11,13H2,1-2H3. The summed E-state index contributed by atoms with van der Waals surface area (Å²) in [5.41, 5.74) is 0.398. The van der Waals surface area contributed by atoms with Crippen molar-refractivity contribution in [1.29, 1.82) is 0 Å². The Kier molecular flexibility index (Phi) is 6.22. The number of halogens is 1. The SMILES string of the molecule is COc1ccc(S(=O)(=O)N2CCCC(c3nnc(-c4ccccc4F)s3)C2)c(OC)c1. The number of hydrogen-bond donors (Lipinski definition) is 0. The fourth-order valence-corrected chi connectivity index (χ4v) is 6.29. The molecule has 1 aliphatic heterocycles. The van der Waals surface area contributed by atoms with Gasteiger partial charge in [0.15, 0.2) is 5.01 Å². The number of sulfonamides is 1. The third-order valence-electron chi connectivity index (χ3n) is 5.27. The monoisotopic (exact) mass is 463 g/mol. The summed E-state index contributed by atoms with van der Waals surface area (Å²) in [5.74, 6) is 0.288. The Morgan fingerprint density at radius 3 is 2.68 bits per heavy atom. The summed E-state index contributed by atoms with van der Waals surface area (Å²) in [6.07, 6.45) is 1.48. The smallest absolute Gasteiger partial charge is 0.246 e. The quantitative estimate of drug-likeness (QED) is 0.551. The van der Waals surface area contributed by atoms with Crippen LogP contribution in [0.1, 0.15) is 23.8 Å². The van der Waals surface area contributed by atoms with Gasteiger partial charge in [-0.3, -0.25) is 0 Å². The summed E-state index contributed by atoms with van der Waals surface area (Å²) in [6.45, 7) is 0.691. The molecule has 1 atom stereocenters. The van der Waals surface area contributed by atoms with Crippen LogP contribution in [0.4, 0.5) is 4.39 Å². The summed E-state index contributed by atoms with van der Waals surface area (Å²) >= 11 is 1.30. The molecule has 3 aromatic rings. The molecule has 0 spiro atoms. The number of piperidine rings is 1. The summed E-state index contributed by atoms with van der Waals surface area (Å²) in [6, 6.07) is 11.1. The number of rotatable bonds is 6. The van der Waals surface area contributed by atoms with E-state index in [0.29, 0.717) is 34.3 Å². The van der Waals surface area contributed by atoms with Crippen molar-refractivity contribution in [2.45, 2.75) is 23.7 Å². The van der Waals surface area contributed by atoms with Gasteiger partial charge in [0.05, 0.1) is 14.2 Å². The van der Waals surface area contributed by atoms with Crippen molar-refractivity contribution in [3.63, 3.8) is 0 Å². The Hall–Kier alpha value is -2.56. The van der Waals surface area contributed by atoms with Gasteiger partial charge < -0.3 is 9.47 Å². The van der Waals surface area contributed by atoms with Crippen LogP contribution >= 0.6 is 11.3 Å². The molecule has 164 valence electrons. The van der Waals surface area contributed by atoms with Gasteiger partial charge in [0.25, 0.3) is 0 Å². The zero-order valence-corrected chi connectivity index (χ0v) is 18.7. The Bertz CT molecular complexity index is 1180. The summed E-state index contributed by atoms with van der Waals surface area (Å²) in [4.78, 5) is 0.0979. The van der Waals surface area contributed by atoms with E-state index >= 15 is 0 Å². The first-order valence-electron chi connectivity index (χ1n) is 9.74. The fourth-order valence-electron chi connectivity index (χ4n) is 3.63. The van der Waals surface area contributed by atoms with Crippen molar-refractivity contribution in [3.05, 3.63) is 53.3 Å². The maximum atomic E-state index is 14.1. The Morgan fingerprint density at radius 1 is 1.13 bits per heavy atom. The third kappa shape index (κ3) is 4.28. The summed E-state index contributed by atoms with van der Waals surface area (Å²) in [5, 5.41) is 9.58. The van der Waals surface area contributed by atoms with Gasteiger partial charge in [-0.15, -0.1) is 10.2 Å². The highest BCUT2D eigenvalue weighted by Gasteiger charge is 2.34. The van der Waals surface area contributed by atoms with Crippen molar-refractivity contribution in [2.24, 2.45) is 0 Å². The minimum absolute atomic E-state index is 0.0979. The minimum atomic E-state index is -3.77. The van der Waals surface area contributed by atoms with Crippen LogP contribution in [-0.4, -0.2) is 50.2 Å². The van der Waals surface area contributed by atoms with Crippen LogP contribution in [-0.2, 0) is 10.0 Å². The van der Waals surface area contributed by atoms with Gasteiger partial charge in [0.1, 0.15) is 27.2 Å². The summed E-state index contributed by atoms with van der Waals surface area (Å²) < 4.78 is 52.7. The van der Waals surface area contributed by atoms with Crippen molar-refractivity contribution < 1.29 is 22.3 Å². The summed E-state index contributed by atoms with van der Waals surface area (Å²) in [7, 11) is -0.835. The molecule has 1 fully saturated rings. The van der Waals surface area contributed by atoms with Gasteiger partial charge in [0.2, 0.25) is 10.0 Å². The highest BCUT2D eigenvalue weighted by Crippen LogP contribution is 2.37. The van der Waals surface area contributed by atoms with Crippen molar-refractivity contribution in [3.8, 4) is 22.1 Å². The van der Waals surface area contributed by atoms with E-state index < -0.39 is 10.0 Å². The van der Waals surface area contributed by atoms with Crippen LogP contribution in [0.3, 0.4) is 0 Å². The molecule has 2 aromatic carbocycles. The lowest BCUT2D eigenvalue weighted by molar-refractivity contribution is 0.312. The molecule has 0 bridgehead atoms. The van der Waals surface area contributed by atoms with Gasteiger partial charge in [-0.05, 0) is 37.1 Å². The molecule has 0 saturated carbocycles. The third-order valence-corrected chi connectivity index (χ3v) is 8.29. The van der Waals surface area contributed by atoms with Gasteiger partial charge >= 0.3 is 0 Å². The van der Waals surface area contributed by atoms with E-state index in [4.69, 9.17) is 9.47 Å². The molecule has 4 rings (SSSR count). The number of aromatic nitrogens is 2. The first kappa shape index (κ1) is 21.7. The topological polar surface area (TPSA) is 81.6 Å². The second-order valence-corrected chi connectivity index (χ2v) is 10.1. The predicted octanol–water partition coefficient (Wildman–Crippen LogP) is 3.93. The van der Waals surface area contributed by atoms with Crippen molar-refractivity contribution in [2.75, 3.05) is 27.3 Å². The molecule has 1 saturated heterocycles. The highest BCUT2D eigenvalue weighted by atomic mass is 32.2. The molecule has 7 nitrogen and oxygen atoms in total. The van der Waals surface area contributed by atoms with Crippen molar-refractivity contribution in [1.82, 2.24) is 14.5 Å². The van der Waals surface area contributed by atoms with Gasteiger partial charge in [0, 0.05) is 30.6 Å². The van der Waals surface area contributed by atoms with E-state index in [1.165, 1.54) is 42.0 Å². The fraction of sp³-hybridized carbons (Fsp3) is 0.333. The number of hydrogen-bond acceptors (Lipinski definition) is 7. The molecule has 2 heterocycles. The largest absolute Gasteiger partial charge is 0.497 e. The lowest BCUT2D eigenvalue weighted by atomic mass is 10.0. The molecule has 1 aliphatic rings. The molecule has 10 heteroatoms. The molecule has 1 aromatic heterocycles. The highest BCUT2D eigenvalue weighted by molar-refractivity contribution is 7.89. The van der Waals surface area contributed by atoms with E-state index in [2.05, 4.69) is 10.2 Å². The molecule has 0 aliphatic carbocycles. The van der Waals surface area contributed by atoms with Crippen LogP contribution in [0.5, 0.6) is 11.5 Å². The zero-order chi connectivity index (χ0) is 22.0. The number of ether oxygens (including phenoxy) is 2. The first-order valence-corrected chi connectivity index (χ1v) is 12.0. The predicted molar refractivity (Wildman–Crippen MR) is 116 cm³/mol. The molecular formula is C21H22FN3O4S2. The van der Waals surface area contributed by atoms with E-state index in [0.717, 1.165) is 6.42 Å². The molecular weight excluding hydrogens is 441 g/mol. The van der Waals surface area contributed by atoms with Crippen LogP contribution in [0.15, 0.2) is 47.4 Å². The second-order valence-electron chi connectivity index (χ2n) is 7.14. The van der Waals surface area contributed by atoms with E-state index in [-0.39, 0.29) is 28.9 Å². The van der Waals surface area contributed by atoms with E-state index in [9.17, 15) is 12.8 Å². The number of benzene rings is 2.